The van der Waals surface area contributed by atoms with E-state index < -0.39 is 24.0 Å². The number of halogens is 1. The van der Waals surface area contributed by atoms with E-state index in [1.807, 2.05) is 0 Å². The van der Waals surface area contributed by atoms with Crippen molar-refractivity contribution in [3.63, 3.8) is 0 Å². The maximum absolute atomic E-state index is 11.9. The van der Waals surface area contributed by atoms with E-state index >= 15 is 0 Å². The van der Waals surface area contributed by atoms with Crippen molar-refractivity contribution in [3.05, 3.63) is 28.2 Å². The minimum Gasteiger partial charge on any atom is -0.449 e. The molecule has 0 saturated carbocycles. The molecule has 7 nitrogen and oxygen atoms in total. The lowest BCUT2D eigenvalue weighted by Crippen LogP contribution is -2.44. The Morgan fingerprint density at radius 1 is 1.38 bits per heavy atom. The van der Waals surface area contributed by atoms with Crippen LogP contribution in [-0.2, 0) is 9.53 Å². The molecule has 0 aromatic heterocycles. The van der Waals surface area contributed by atoms with Gasteiger partial charge in [-0.15, -0.1) is 0 Å². The number of imide groups is 1. The Kier molecular flexibility index (Phi) is 6.16. The van der Waals surface area contributed by atoms with Crippen molar-refractivity contribution >= 4 is 39.5 Å². The van der Waals surface area contributed by atoms with E-state index in [0.29, 0.717) is 16.7 Å². The first-order valence-corrected chi connectivity index (χ1v) is 6.99. The van der Waals surface area contributed by atoms with Crippen LogP contribution >= 0.6 is 15.9 Å². The van der Waals surface area contributed by atoms with Crippen LogP contribution < -0.4 is 16.4 Å². The third-order valence-electron chi connectivity index (χ3n) is 2.46. The third kappa shape index (κ3) is 5.07. The van der Waals surface area contributed by atoms with Gasteiger partial charge in [-0.2, -0.15) is 0 Å². The molecular weight excluding hydrogens is 342 g/mol. The van der Waals surface area contributed by atoms with Crippen molar-refractivity contribution < 1.29 is 19.1 Å². The molecule has 1 unspecified atom stereocenters. The summed E-state index contributed by atoms with van der Waals surface area (Å²) >= 11 is 3.21. The maximum Gasteiger partial charge on any atom is 0.338 e. The molecule has 114 valence electrons. The fraction of sp³-hybridized carbons (Fsp3) is 0.308. The zero-order chi connectivity index (χ0) is 16.0. The molecule has 8 heteroatoms. The van der Waals surface area contributed by atoms with Crippen molar-refractivity contribution in [3.8, 4) is 0 Å². The van der Waals surface area contributed by atoms with Crippen LogP contribution in [0.15, 0.2) is 22.7 Å². The SMILES string of the molecule is CCNC(=O)NC(=O)C(C)OC(=O)c1ccc(Br)c(N)c1. The molecule has 1 aromatic rings. The van der Waals surface area contributed by atoms with Gasteiger partial charge in [0.05, 0.1) is 5.56 Å². The van der Waals surface area contributed by atoms with E-state index in [1.165, 1.54) is 19.1 Å². The van der Waals surface area contributed by atoms with Gasteiger partial charge in [0.15, 0.2) is 6.10 Å². The van der Waals surface area contributed by atoms with E-state index in [0.717, 1.165) is 0 Å². The zero-order valence-corrected chi connectivity index (χ0v) is 13.2. The van der Waals surface area contributed by atoms with Gasteiger partial charge in [-0.05, 0) is 48.0 Å². The molecule has 0 spiro atoms. The average molecular weight is 358 g/mol. The summed E-state index contributed by atoms with van der Waals surface area (Å²) in [6, 6.07) is 3.90. The summed E-state index contributed by atoms with van der Waals surface area (Å²) in [5.74, 6) is -1.41. The summed E-state index contributed by atoms with van der Waals surface area (Å²) in [5, 5.41) is 4.46. The second-order valence-corrected chi connectivity index (χ2v) is 4.99. The highest BCUT2D eigenvalue weighted by molar-refractivity contribution is 9.10. The van der Waals surface area contributed by atoms with Crippen molar-refractivity contribution in [2.45, 2.75) is 20.0 Å². The van der Waals surface area contributed by atoms with Gasteiger partial charge in [0.2, 0.25) is 0 Å². The molecule has 3 amide bonds. The van der Waals surface area contributed by atoms with Crippen LogP contribution in [0.5, 0.6) is 0 Å². The van der Waals surface area contributed by atoms with Gasteiger partial charge in [0, 0.05) is 16.7 Å². The second-order valence-electron chi connectivity index (χ2n) is 4.13. The van der Waals surface area contributed by atoms with E-state index in [2.05, 4.69) is 26.6 Å². The van der Waals surface area contributed by atoms with E-state index in [9.17, 15) is 14.4 Å². The number of anilines is 1. The van der Waals surface area contributed by atoms with Gasteiger partial charge in [-0.3, -0.25) is 10.1 Å². The fourth-order valence-corrected chi connectivity index (χ4v) is 1.62. The minimum absolute atomic E-state index is 0.216. The highest BCUT2D eigenvalue weighted by atomic mass is 79.9. The lowest BCUT2D eigenvalue weighted by molar-refractivity contribution is -0.127. The molecule has 4 N–H and O–H groups in total. The first-order chi connectivity index (χ1) is 9.85. The number of rotatable bonds is 4. The minimum atomic E-state index is -1.11. The van der Waals surface area contributed by atoms with Gasteiger partial charge < -0.3 is 15.8 Å². The third-order valence-corrected chi connectivity index (χ3v) is 3.18. The Morgan fingerprint density at radius 2 is 2.05 bits per heavy atom. The van der Waals surface area contributed by atoms with Gasteiger partial charge in [0.25, 0.3) is 5.91 Å². The molecule has 1 rings (SSSR count). The monoisotopic (exact) mass is 357 g/mol. The summed E-state index contributed by atoms with van der Waals surface area (Å²) in [5.41, 5.74) is 6.26. The normalized spacial score (nSPS) is 11.4. The summed E-state index contributed by atoms with van der Waals surface area (Å²) in [4.78, 5) is 34.7. The number of hydrogen-bond acceptors (Lipinski definition) is 5. The molecule has 0 aliphatic rings. The van der Waals surface area contributed by atoms with E-state index in [4.69, 9.17) is 10.5 Å². The number of nitrogens with one attached hydrogen (secondary N) is 2. The maximum atomic E-state index is 11.9. The quantitative estimate of drug-likeness (QED) is 0.557. The first kappa shape index (κ1) is 17.0. The van der Waals surface area contributed by atoms with Gasteiger partial charge in [-0.1, -0.05) is 0 Å². The predicted molar refractivity (Wildman–Crippen MR) is 80.6 cm³/mol. The highest BCUT2D eigenvalue weighted by Crippen LogP contribution is 2.20. The standard InChI is InChI=1S/C13H16BrN3O4/c1-3-16-13(20)17-11(18)7(2)21-12(19)8-4-5-9(14)10(15)6-8/h4-7H,3,15H2,1-2H3,(H2,16,17,18,20). The summed E-state index contributed by atoms with van der Waals surface area (Å²) in [6.45, 7) is 3.46. The van der Waals surface area contributed by atoms with Crippen LogP contribution in [-0.4, -0.2) is 30.6 Å². The molecule has 21 heavy (non-hydrogen) atoms. The predicted octanol–water partition coefficient (Wildman–Crippen LogP) is 1.42. The number of urea groups is 1. The molecule has 0 aliphatic heterocycles. The lowest BCUT2D eigenvalue weighted by Gasteiger charge is -2.13. The number of benzene rings is 1. The Hall–Kier alpha value is -2.09. The van der Waals surface area contributed by atoms with Gasteiger partial charge >= 0.3 is 12.0 Å². The fourth-order valence-electron chi connectivity index (χ4n) is 1.37. The lowest BCUT2D eigenvalue weighted by atomic mass is 10.2. The Bertz CT molecular complexity index is 562. The summed E-state index contributed by atoms with van der Waals surface area (Å²) in [7, 11) is 0. The topological polar surface area (TPSA) is 111 Å². The smallest absolute Gasteiger partial charge is 0.338 e. The largest absolute Gasteiger partial charge is 0.449 e. The van der Waals surface area contributed by atoms with Gasteiger partial charge in [-0.25, -0.2) is 9.59 Å². The average Bonchev–Trinajstić information content (AvgIpc) is 2.41. The van der Waals surface area contributed by atoms with Crippen molar-refractivity contribution in [1.29, 1.82) is 0 Å². The summed E-state index contributed by atoms with van der Waals surface area (Å²) in [6.07, 6.45) is -1.11. The molecular formula is C13H16BrN3O4. The molecule has 0 aliphatic carbocycles. The van der Waals surface area contributed by atoms with Gasteiger partial charge in [0.1, 0.15) is 0 Å². The number of hydrogen-bond donors (Lipinski definition) is 3. The van der Waals surface area contributed by atoms with Crippen molar-refractivity contribution in [1.82, 2.24) is 10.6 Å². The van der Waals surface area contributed by atoms with Crippen LogP contribution in [0.1, 0.15) is 24.2 Å². The van der Waals surface area contributed by atoms with Crippen LogP contribution in [0, 0.1) is 0 Å². The molecule has 0 heterocycles. The van der Waals surface area contributed by atoms with Crippen LogP contribution in [0.2, 0.25) is 0 Å². The highest BCUT2D eigenvalue weighted by Gasteiger charge is 2.20. The number of carbonyl (C=O) groups excluding carboxylic acids is 3. The van der Waals surface area contributed by atoms with E-state index in [-0.39, 0.29) is 5.56 Å². The van der Waals surface area contributed by atoms with Crippen molar-refractivity contribution in [2.24, 2.45) is 0 Å². The molecule has 0 fully saturated rings. The second kappa shape index (κ2) is 7.63. The zero-order valence-electron chi connectivity index (χ0n) is 11.6. The molecule has 0 bridgehead atoms. The number of ether oxygens (including phenoxy) is 1. The molecule has 1 atom stereocenters. The summed E-state index contributed by atoms with van der Waals surface area (Å²) < 4.78 is 5.62. The molecule has 0 radical (unpaired) electrons. The van der Waals surface area contributed by atoms with Crippen LogP contribution in [0.3, 0.4) is 0 Å². The number of amides is 3. The number of carbonyl (C=O) groups is 3. The Labute approximate surface area is 130 Å². The number of esters is 1. The molecule has 0 saturated heterocycles. The molecule has 1 aromatic carbocycles. The Balaban J connectivity index is 2.63. The van der Waals surface area contributed by atoms with Crippen LogP contribution in [0.4, 0.5) is 10.5 Å². The number of nitrogen functional groups attached to an aromatic ring is 1. The number of nitrogens with two attached hydrogens (primary N) is 1. The van der Waals surface area contributed by atoms with Crippen LogP contribution in [0.25, 0.3) is 0 Å². The first-order valence-electron chi connectivity index (χ1n) is 6.19. The van der Waals surface area contributed by atoms with E-state index in [1.54, 1.807) is 13.0 Å². The Morgan fingerprint density at radius 3 is 2.62 bits per heavy atom. The van der Waals surface area contributed by atoms with Crippen molar-refractivity contribution in [2.75, 3.05) is 12.3 Å².